The average molecular weight is 384 g/mol. The van der Waals surface area contributed by atoms with Gasteiger partial charge < -0.3 is 24.8 Å². The lowest BCUT2D eigenvalue weighted by atomic mass is 10.2. The summed E-state index contributed by atoms with van der Waals surface area (Å²) in [7, 11) is 4.63. The van der Waals surface area contributed by atoms with E-state index >= 15 is 0 Å². The highest BCUT2D eigenvalue weighted by Crippen LogP contribution is 2.41. The van der Waals surface area contributed by atoms with Crippen LogP contribution in [-0.4, -0.2) is 33.1 Å². The van der Waals surface area contributed by atoms with Crippen molar-refractivity contribution in [3.8, 4) is 17.2 Å². The van der Waals surface area contributed by atoms with Crippen molar-refractivity contribution in [1.29, 1.82) is 0 Å². The molecule has 1 fully saturated rings. The second kappa shape index (κ2) is 8.21. The third kappa shape index (κ3) is 4.19. The van der Waals surface area contributed by atoms with E-state index in [9.17, 15) is 9.59 Å². The lowest BCUT2D eigenvalue weighted by molar-refractivity contribution is -0.122. The average Bonchev–Trinajstić information content (AvgIpc) is 3.49. The minimum absolute atomic E-state index is 0.189. The molecule has 0 radical (unpaired) electrons. The van der Waals surface area contributed by atoms with Crippen molar-refractivity contribution in [2.45, 2.75) is 13.3 Å². The third-order valence-electron chi connectivity index (χ3n) is 4.74. The Labute approximate surface area is 164 Å². The normalized spacial score (nSPS) is 17.4. The van der Waals surface area contributed by atoms with E-state index in [1.54, 1.807) is 38.5 Å². The van der Waals surface area contributed by atoms with Crippen molar-refractivity contribution in [2.75, 3.05) is 32.0 Å². The van der Waals surface area contributed by atoms with Crippen molar-refractivity contribution in [2.24, 2.45) is 11.8 Å². The Morgan fingerprint density at radius 3 is 2.07 bits per heavy atom. The molecule has 1 aliphatic carbocycles. The van der Waals surface area contributed by atoms with Gasteiger partial charge in [0.15, 0.2) is 0 Å². The van der Waals surface area contributed by atoms with Gasteiger partial charge in [0.25, 0.3) is 0 Å². The van der Waals surface area contributed by atoms with Gasteiger partial charge in [0.05, 0.1) is 44.5 Å². The second-order valence-corrected chi connectivity index (χ2v) is 6.70. The van der Waals surface area contributed by atoms with E-state index in [1.807, 2.05) is 19.1 Å². The molecule has 148 valence electrons. The molecule has 3 rings (SSSR count). The van der Waals surface area contributed by atoms with Crippen LogP contribution in [0.4, 0.5) is 11.4 Å². The zero-order chi connectivity index (χ0) is 20.3. The van der Waals surface area contributed by atoms with Crippen molar-refractivity contribution in [1.82, 2.24) is 0 Å². The Morgan fingerprint density at radius 1 is 0.821 bits per heavy atom. The Hall–Kier alpha value is -3.22. The number of amides is 2. The summed E-state index contributed by atoms with van der Waals surface area (Å²) in [6.07, 6.45) is 0.504. The number of aryl methyl sites for hydroxylation is 1. The van der Waals surface area contributed by atoms with Crippen LogP contribution in [0.5, 0.6) is 17.2 Å². The van der Waals surface area contributed by atoms with Gasteiger partial charge in [-0.2, -0.15) is 0 Å². The summed E-state index contributed by atoms with van der Waals surface area (Å²) in [6.45, 7) is 1.94. The van der Waals surface area contributed by atoms with Crippen molar-refractivity contribution in [3.63, 3.8) is 0 Å². The number of nitrogens with one attached hydrogen (secondary N) is 2. The van der Waals surface area contributed by atoms with Crippen molar-refractivity contribution >= 4 is 23.2 Å². The summed E-state index contributed by atoms with van der Waals surface area (Å²) in [5.74, 6) is 0.579. The van der Waals surface area contributed by atoms with E-state index in [0.717, 1.165) is 5.56 Å². The first-order valence-electron chi connectivity index (χ1n) is 8.95. The summed E-state index contributed by atoms with van der Waals surface area (Å²) in [4.78, 5) is 25.1. The smallest absolute Gasteiger partial charge is 0.228 e. The molecule has 2 amide bonds. The zero-order valence-electron chi connectivity index (χ0n) is 16.4. The third-order valence-corrected chi connectivity index (χ3v) is 4.74. The molecule has 0 heterocycles. The fourth-order valence-electron chi connectivity index (χ4n) is 3.05. The molecule has 0 aliphatic heterocycles. The first kappa shape index (κ1) is 19.5. The molecule has 2 aromatic rings. The predicted octanol–water partition coefficient (Wildman–Crippen LogP) is 3.23. The molecule has 2 atom stereocenters. The molecule has 7 heteroatoms. The number of carbonyl (C=O) groups excluding carboxylic acids is 2. The Kier molecular flexibility index (Phi) is 5.73. The first-order valence-corrected chi connectivity index (χ1v) is 8.95. The van der Waals surface area contributed by atoms with Gasteiger partial charge in [0.1, 0.15) is 17.2 Å². The largest absolute Gasteiger partial charge is 0.497 e. The number of ether oxygens (including phenoxy) is 3. The summed E-state index contributed by atoms with van der Waals surface area (Å²) in [6, 6.07) is 10.7. The molecule has 2 unspecified atom stereocenters. The van der Waals surface area contributed by atoms with E-state index in [1.165, 1.54) is 7.11 Å². The van der Waals surface area contributed by atoms with Crippen LogP contribution in [0.15, 0.2) is 36.4 Å². The monoisotopic (exact) mass is 384 g/mol. The van der Waals surface area contributed by atoms with E-state index in [-0.39, 0.29) is 23.7 Å². The van der Waals surface area contributed by atoms with Crippen LogP contribution in [0.2, 0.25) is 0 Å². The molecule has 0 saturated heterocycles. The van der Waals surface area contributed by atoms with E-state index in [4.69, 9.17) is 14.2 Å². The number of anilines is 2. The van der Waals surface area contributed by atoms with Crippen LogP contribution in [-0.2, 0) is 9.59 Å². The predicted molar refractivity (Wildman–Crippen MR) is 106 cm³/mol. The number of hydrogen-bond acceptors (Lipinski definition) is 5. The highest BCUT2D eigenvalue weighted by molar-refractivity contribution is 6.04. The van der Waals surface area contributed by atoms with Gasteiger partial charge in [0.2, 0.25) is 11.8 Å². The summed E-state index contributed by atoms with van der Waals surface area (Å²) < 4.78 is 15.7. The van der Waals surface area contributed by atoms with E-state index in [2.05, 4.69) is 10.6 Å². The van der Waals surface area contributed by atoms with Gasteiger partial charge in [-0.25, -0.2) is 0 Å². The van der Waals surface area contributed by atoms with Gasteiger partial charge in [-0.3, -0.25) is 9.59 Å². The number of methoxy groups -OCH3 is 3. The van der Waals surface area contributed by atoms with Crippen LogP contribution in [0.3, 0.4) is 0 Å². The molecule has 0 spiro atoms. The summed E-state index contributed by atoms with van der Waals surface area (Å²) in [5, 5.41) is 5.70. The fourth-order valence-corrected chi connectivity index (χ4v) is 3.05. The van der Waals surface area contributed by atoms with Crippen molar-refractivity contribution < 1.29 is 23.8 Å². The molecule has 28 heavy (non-hydrogen) atoms. The van der Waals surface area contributed by atoms with Gasteiger partial charge in [-0.05, 0) is 43.2 Å². The Bertz CT molecular complexity index is 896. The maximum absolute atomic E-state index is 12.5. The molecule has 7 nitrogen and oxygen atoms in total. The van der Waals surface area contributed by atoms with Crippen LogP contribution < -0.4 is 24.8 Å². The number of benzene rings is 2. The highest BCUT2D eigenvalue weighted by Gasteiger charge is 2.48. The number of rotatable bonds is 7. The van der Waals surface area contributed by atoms with Crippen LogP contribution in [0.25, 0.3) is 0 Å². The lowest BCUT2D eigenvalue weighted by Gasteiger charge is -2.12. The number of hydrogen-bond donors (Lipinski definition) is 2. The maximum atomic E-state index is 12.5. The summed E-state index contributed by atoms with van der Waals surface area (Å²) >= 11 is 0. The van der Waals surface area contributed by atoms with Crippen LogP contribution in [0, 0.1) is 18.8 Å². The summed E-state index contributed by atoms with van der Waals surface area (Å²) in [5.41, 5.74) is 2.16. The van der Waals surface area contributed by atoms with Crippen molar-refractivity contribution in [3.05, 3.63) is 42.0 Å². The molecule has 2 N–H and O–H groups in total. The minimum Gasteiger partial charge on any atom is -0.497 e. The zero-order valence-corrected chi connectivity index (χ0v) is 16.4. The van der Waals surface area contributed by atoms with E-state index in [0.29, 0.717) is 35.0 Å². The first-order chi connectivity index (χ1) is 13.5. The quantitative estimate of drug-likeness (QED) is 0.765. The van der Waals surface area contributed by atoms with E-state index < -0.39 is 0 Å². The Balaban J connectivity index is 1.63. The molecule has 0 bridgehead atoms. The molecule has 0 aromatic heterocycles. The van der Waals surface area contributed by atoms with Gasteiger partial charge in [0, 0.05) is 6.07 Å². The minimum atomic E-state index is -0.373. The molecule has 1 saturated carbocycles. The fraction of sp³-hybridized carbons (Fsp3) is 0.333. The molecular weight excluding hydrogens is 360 g/mol. The topological polar surface area (TPSA) is 85.9 Å². The highest BCUT2D eigenvalue weighted by atomic mass is 16.5. The molecular formula is C21H24N2O5. The Morgan fingerprint density at radius 2 is 1.46 bits per heavy atom. The van der Waals surface area contributed by atoms with Gasteiger partial charge in [-0.15, -0.1) is 0 Å². The number of carbonyl (C=O) groups is 2. The van der Waals surface area contributed by atoms with Crippen LogP contribution >= 0.6 is 0 Å². The standard InChI is InChI=1S/C21H24N2O5/c1-12-5-8-18(27-3)17(9-12)23-21(25)15-11-14(15)20(24)22-16-7-6-13(26-2)10-19(16)28-4/h5-10,14-15H,11H2,1-4H3,(H,22,24)(H,23,25). The SMILES string of the molecule is COc1ccc(NC(=O)C2CC2C(=O)Nc2cc(C)ccc2OC)c(OC)c1. The molecule has 2 aromatic carbocycles. The van der Waals surface area contributed by atoms with Gasteiger partial charge in [-0.1, -0.05) is 6.07 Å². The maximum Gasteiger partial charge on any atom is 0.228 e. The second-order valence-electron chi connectivity index (χ2n) is 6.70. The van der Waals surface area contributed by atoms with Gasteiger partial charge >= 0.3 is 0 Å². The van der Waals surface area contributed by atoms with Crippen LogP contribution in [0.1, 0.15) is 12.0 Å². The lowest BCUT2D eigenvalue weighted by Crippen LogP contribution is -2.21. The molecule has 1 aliphatic rings.